The van der Waals surface area contributed by atoms with Crippen LogP contribution in [0.4, 0.5) is 22.0 Å². The van der Waals surface area contributed by atoms with Gasteiger partial charge in [-0.2, -0.15) is 30.4 Å². The van der Waals surface area contributed by atoms with E-state index in [4.69, 9.17) is 3.63 Å². The maximum absolute atomic E-state index is 15.5. The van der Waals surface area contributed by atoms with Gasteiger partial charge in [0.25, 0.3) is 6.10 Å². The van der Waals surface area contributed by atoms with E-state index in [9.17, 15) is 31.2 Å². The zero-order chi connectivity index (χ0) is 28.8. The molecule has 0 radical (unpaired) electrons. The fourth-order valence-corrected chi connectivity index (χ4v) is 9.45. The number of hydrogen-bond donors (Lipinski definition) is 0. The van der Waals surface area contributed by atoms with Gasteiger partial charge in [0, 0.05) is 31.4 Å². The third-order valence-electron chi connectivity index (χ3n) is 5.66. The molecule has 3 aromatic rings. The minimum absolute atomic E-state index is 0.0132. The highest BCUT2D eigenvalue weighted by atomic mass is 32.3. The number of fused-ring (bicyclic) bond motifs is 2. The molecular weight excluding hydrogens is 567 g/mol. The fourth-order valence-electron chi connectivity index (χ4n) is 3.90. The van der Waals surface area contributed by atoms with E-state index in [1.165, 1.54) is 72.8 Å². The first-order chi connectivity index (χ1) is 18.1. The van der Waals surface area contributed by atoms with Crippen LogP contribution in [0.2, 0.25) is 0 Å². The minimum atomic E-state index is -6.56. The van der Waals surface area contributed by atoms with E-state index in [0.717, 1.165) is 6.92 Å². The number of hydrogen-bond acceptors (Lipinski definition) is 6. The summed E-state index contributed by atoms with van der Waals surface area (Å²) >= 11 is 0. The predicted octanol–water partition coefficient (Wildman–Crippen LogP) is 6.42. The molecule has 1 aliphatic rings. The maximum atomic E-state index is 15.5. The van der Waals surface area contributed by atoms with Gasteiger partial charge in [0.2, 0.25) is 0 Å². The van der Waals surface area contributed by atoms with Crippen molar-refractivity contribution in [2.24, 2.45) is 0 Å². The van der Waals surface area contributed by atoms with E-state index in [1.54, 1.807) is 6.07 Å². The second kappa shape index (κ2) is 9.88. The Hall–Kier alpha value is -3.55. The molecule has 1 heterocycles. The van der Waals surface area contributed by atoms with Gasteiger partial charge in [0.1, 0.15) is 0 Å². The van der Waals surface area contributed by atoms with Gasteiger partial charge in [-0.3, -0.25) is 4.79 Å². The van der Waals surface area contributed by atoms with Gasteiger partial charge in [0.15, 0.2) is 5.78 Å². The Bertz CT molecular complexity index is 1520. The van der Waals surface area contributed by atoms with Crippen molar-refractivity contribution < 1.29 is 48.3 Å². The number of carbonyl (C=O) groups is 2. The van der Waals surface area contributed by atoms with Crippen LogP contribution >= 0.6 is 10.3 Å². The highest BCUT2D eigenvalue weighted by Crippen LogP contribution is 2.74. The first kappa shape index (κ1) is 28.5. The molecule has 0 amide bonds. The number of halogens is 5. The molecule has 0 spiro atoms. The van der Waals surface area contributed by atoms with E-state index in [2.05, 4.69) is 11.3 Å². The Labute approximate surface area is 221 Å². The summed E-state index contributed by atoms with van der Waals surface area (Å²) in [6.07, 6.45) is -10.4. The van der Waals surface area contributed by atoms with Crippen LogP contribution in [0, 0.1) is 0 Å². The normalized spacial score (nSPS) is 16.4. The third kappa shape index (κ3) is 4.74. The molecule has 39 heavy (non-hydrogen) atoms. The van der Waals surface area contributed by atoms with Gasteiger partial charge in [-0.1, -0.05) is 49.0 Å². The summed E-state index contributed by atoms with van der Waals surface area (Å²) in [5.41, 5.74) is -0.817. The van der Waals surface area contributed by atoms with E-state index in [0.29, 0.717) is 0 Å². The van der Waals surface area contributed by atoms with Crippen LogP contribution in [0.15, 0.2) is 106 Å². The highest BCUT2D eigenvalue weighted by Gasteiger charge is 2.68. The zero-order valence-electron chi connectivity index (χ0n) is 19.9. The molecule has 0 fully saturated rings. The van der Waals surface area contributed by atoms with Gasteiger partial charge in [-0.25, -0.2) is 8.42 Å². The molecule has 0 N–H and O–H groups in total. The number of rotatable bonds is 7. The summed E-state index contributed by atoms with van der Waals surface area (Å²) < 4.78 is 108. The molecule has 0 bridgehead atoms. The van der Waals surface area contributed by atoms with Crippen LogP contribution in [-0.4, -0.2) is 37.7 Å². The molecule has 6 nitrogen and oxygen atoms in total. The van der Waals surface area contributed by atoms with Crippen molar-refractivity contribution in [3.63, 3.8) is 0 Å². The van der Waals surface area contributed by atoms with Crippen molar-refractivity contribution >= 4 is 32.2 Å². The lowest BCUT2D eigenvalue weighted by Crippen LogP contribution is -2.53. The van der Waals surface area contributed by atoms with E-state index >= 15 is 8.78 Å². The Balaban J connectivity index is 2.00. The van der Waals surface area contributed by atoms with Crippen LogP contribution in [0.25, 0.3) is 0 Å². The monoisotopic (exact) mass is 586 g/mol. The van der Waals surface area contributed by atoms with Crippen LogP contribution in [0.3, 0.4) is 0 Å². The Morgan fingerprint density at radius 1 is 0.846 bits per heavy atom. The van der Waals surface area contributed by atoms with Crippen LogP contribution in [0.1, 0.15) is 22.8 Å². The molecule has 13 heteroatoms. The first-order valence-corrected chi connectivity index (χ1v) is 14.0. The lowest BCUT2D eigenvalue weighted by molar-refractivity contribution is -0.257. The number of alkyl halides is 5. The maximum Gasteiger partial charge on any atom is 0.432 e. The van der Waals surface area contributed by atoms with Crippen LogP contribution < -0.4 is 0 Å². The minimum Gasteiger partial charge on any atom is -0.441 e. The molecule has 4 rings (SSSR count). The lowest BCUT2D eigenvalue weighted by atomic mass is 10.0. The summed E-state index contributed by atoms with van der Waals surface area (Å²) in [4.78, 5) is 24.8. The van der Waals surface area contributed by atoms with Crippen molar-refractivity contribution in [1.82, 2.24) is 0 Å². The van der Waals surface area contributed by atoms with Crippen molar-refractivity contribution in [1.29, 1.82) is 0 Å². The quantitative estimate of drug-likeness (QED) is 0.181. The summed E-state index contributed by atoms with van der Waals surface area (Å²) in [6, 6.07) is 18.1. The van der Waals surface area contributed by atoms with E-state index in [-0.39, 0.29) is 25.8 Å². The van der Waals surface area contributed by atoms with E-state index in [1.807, 2.05) is 0 Å². The molecule has 0 aliphatic carbocycles. The first-order valence-electron chi connectivity index (χ1n) is 11.0. The number of esters is 1. The molecular formula is C26H19F5O6S2. The SMILES string of the molecule is C=C(C)C(=O)OC(C(F)(F)F)C(F)(F)S(=O)(=O)OS1(c2ccccc2)c2ccccc2C(=O)c2ccccc21. The average Bonchev–Trinajstić information content (AvgIpc) is 2.89. The van der Waals surface area contributed by atoms with Gasteiger partial charge in [-0.05, 0) is 53.6 Å². The van der Waals surface area contributed by atoms with Gasteiger partial charge in [0.05, 0.1) is 0 Å². The predicted molar refractivity (Wildman–Crippen MR) is 131 cm³/mol. The zero-order valence-corrected chi connectivity index (χ0v) is 21.6. The molecule has 1 unspecified atom stereocenters. The summed E-state index contributed by atoms with van der Waals surface area (Å²) in [6.45, 7) is 3.94. The number of ether oxygens (including phenoxy) is 1. The number of ketones is 1. The van der Waals surface area contributed by atoms with Gasteiger partial charge in [-0.15, -0.1) is 0 Å². The van der Waals surface area contributed by atoms with Crippen molar-refractivity contribution in [2.45, 2.75) is 39.1 Å². The topological polar surface area (TPSA) is 86.7 Å². The Kier molecular flexibility index (Phi) is 7.21. The number of benzene rings is 3. The standard InChI is InChI=1S/C26H19F5O6S2/c1-16(2)23(33)36-24(25(27,28)29)26(30,31)39(34,35)37-38(17-10-4-3-5-11-17)20-14-8-6-12-18(20)22(32)19-13-7-9-15-21(19)38/h3-15,24H,1H2,2H3. The molecule has 3 aromatic carbocycles. The van der Waals surface area contributed by atoms with Gasteiger partial charge < -0.3 is 4.74 Å². The Morgan fingerprint density at radius 3 is 1.77 bits per heavy atom. The molecule has 0 saturated heterocycles. The summed E-state index contributed by atoms with van der Waals surface area (Å²) in [5.74, 6) is -2.44. The van der Waals surface area contributed by atoms with Crippen LogP contribution in [0.5, 0.6) is 0 Å². The van der Waals surface area contributed by atoms with Crippen molar-refractivity contribution in [2.75, 3.05) is 0 Å². The second-order valence-electron chi connectivity index (χ2n) is 8.38. The fraction of sp³-hybridized carbons (Fsp3) is 0.154. The molecule has 0 aromatic heterocycles. The molecule has 0 saturated carbocycles. The largest absolute Gasteiger partial charge is 0.441 e. The molecule has 1 atom stereocenters. The smallest absolute Gasteiger partial charge is 0.432 e. The molecule has 206 valence electrons. The lowest BCUT2D eigenvalue weighted by Gasteiger charge is -2.44. The van der Waals surface area contributed by atoms with Crippen LogP contribution in [-0.2, 0) is 23.3 Å². The highest BCUT2D eigenvalue weighted by molar-refractivity contribution is 8.33. The Morgan fingerprint density at radius 2 is 1.31 bits per heavy atom. The van der Waals surface area contributed by atoms with E-state index < -0.39 is 55.3 Å². The second-order valence-corrected chi connectivity index (χ2v) is 12.8. The molecule has 1 aliphatic heterocycles. The van der Waals surface area contributed by atoms with Gasteiger partial charge >= 0.3 is 27.5 Å². The summed E-state index contributed by atoms with van der Waals surface area (Å²) in [5, 5.41) is -5.81. The summed E-state index contributed by atoms with van der Waals surface area (Å²) in [7, 11) is -10.4. The number of carbonyl (C=O) groups excluding carboxylic acids is 2. The third-order valence-corrected chi connectivity index (χ3v) is 11.0. The van der Waals surface area contributed by atoms with Crippen molar-refractivity contribution in [3.8, 4) is 0 Å². The van der Waals surface area contributed by atoms with Crippen molar-refractivity contribution in [3.05, 3.63) is 102 Å². The average molecular weight is 587 g/mol.